The summed E-state index contributed by atoms with van der Waals surface area (Å²) in [6.45, 7) is 4.25. The molecule has 62 valence electrons. The third kappa shape index (κ3) is 1.71. The van der Waals surface area contributed by atoms with Crippen LogP contribution in [0.1, 0.15) is 32.1 Å². The molecule has 0 amide bonds. The molecule has 1 aromatic heterocycles. The van der Waals surface area contributed by atoms with Gasteiger partial charge in [-0.15, -0.1) is 21.8 Å². The second-order valence-electron chi connectivity index (χ2n) is 2.55. The molecule has 0 aliphatic rings. The molecule has 0 fully saturated rings. The van der Waals surface area contributed by atoms with Gasteiger partial charge in [-0.3, -0.25) is 0 Å². The smallest absolute Gasteiger partial charge is 0.148 e. The monoisotopic (exact) mass is 173 g/mol. The molecule has 0 N–H and O–H groups in total. The summed E-state index contributed by atoms with van der Waals surface area (Å²) in [6, 6.07) is 0.443. The highest BCUT2D eigenvalue weighted by Crippen LogP contribution is 2.12. The second-order valence-corrected chi connectivity index (χ2v) is 2.81. The van der Waals surface area contributed by atoms with Crippen LogP contribution in [0.2, 0.25) is 0 Å². The Bertz CT molecular complexity index is 221. The standard InChI is InChI=1S/C7H12ClN3/c1-3-6(2)11-5-9-10-7(11)4-8/h5-6H,3-4H2,1-2H3. The van der Waals surface area contributed by atoms with E-state index >= 15 is 0 Å². The van der Waals surface area contributed by atoms with E-state index in [-0.39, 0.29) is 0 Å². The molecule has 4 heteroatoms. The van der Waals surface area contributed by atoms with Crippen LogP contribution in [-0.2, 0) is 5.88 Å². The van der Waals surface area contributed by atoms with Gasteiger partial charge in [-0.05, 0) is 13.3 Å². The number of alkyl halides is 1. The van der Waals surface area contributed by atoms with Crippen LogP contribution in [0.3, 0.4) is 0 Å². The molecular weight excluding hydrogens is 162 g/mol. The van der Waals surface area contributed by atoms with Crippen molar-refractivity contribution in [1.29, 1.82) is 0 Å². The van der Waals surface area contributed by atoms with Crippen LogP contribution in [0, 0.1) is 0 Å². The Balaban J connectivity index is 2.83. The van der Waals surface area contributed by atoms with Gasteiger partial charge in [0.1, 0.15) is 12.2 Å². The summed E-state index contributed by atoms with van der Waals surface area (Å²) in [7, 11) is 0. The lowest BCUT2D eigenvalue weighted by Crippen LogP contribution is -2.05. The largest absolute Gasteiger partial charge is 0.314 e. The van der Waals surface area contributed by atoms with Crippen LogP contribution >= 0.6 is 11.6 Å². The third-order valence-electron chi connectivity index (χ3n) is 1.83. The third-order valence-corrected chi connectivity index (χ3v) is 2.07. The minimum absolute atomic E-state index is 0.435. The molecule has 3 nitrogen and oxygen atoms in total. The van der Waals surface area contributed by atoms with Crippen molar-refractivity contribution >= 4 is 11.6 Å². The van der Waals surface area contributed by atoms with E-state index in [1.165, 1.54) is 0 Å². The normalized spacial score (nSPS) is 13.4. The van der Waals surface area contributed by atoms with Crippen LogP contribution in [0.4, 0.5) is 0 Å². The van der Waals surface area contributed by atoms with Crippen molar-refractivity contribution < 1.29 is 0 Å². The van der Waals surface area contributed by atoms with E-state index in [0.29, 0.717) is 11.9 Å². The minimum Gasteiger partial charge on any atom is -0.314 e. The molecular formula is C7H12ClN3. The van der Waals surface area contributed by atoms with Gasteiger partial charge in [0.15, 0.2) is 0 Å². The van der Waals surface area contributed by atoms with Crippen LogP contribution < -0.4 is 0 Å². The lowest BCUT2D eigenvalue weighted by molar-refractivity contribution is 0.515. The molecule has 0 bridgehead atoms. The number of hydrogen-bond donors (Lipinski definition) is 0. The first-order chi connectivity index (χ1) is 5.29. The Morgan fingerprint density at radius 3 is 3.00 bits per heavy atom. The van der Waals surface area contributed by atoms with Gasteiger partial charge in [-0.2, -0.15) is 0 Å². The summed E-state index contributed by atoms with van der Waals surface area (Å²) in [4.78, 5) is 0. The van der Waals surface area contributed by atoms with Gasteiger partial charge in [0.05, 0.1) is 5.88 Å². The molecule has 11 heavy (non-hydrogen) atoms. The van der Waals surface area contributed by atoms with Crippen LogP contribution in [0.5, 0.6) is 0 Å². The van der Waals surface area contributed by atoms with E-state index in [2.05, 4.69) is 24.0 Å². The molecule has 0 aliphatic carbocycles. The highest BCUT2D eigenvalue weighted by Gasteiger charge is 2.06. The quantitative estimate of drug-likeness (QED) is 0.655. The molecule has 0 spiro atoms. The Kier molecular flexibility index (Phi) is 2.88. The van der Waals surface area contributed by atoms with Gasteiger partial charge in [0.2, 0.25) is 0 Å². The van der Waals surface area contributed by atoms with Gasteiger partial charge < -0.3 is 4.57 Å². The lowest BCUT2D eigenvalue weighted by atomic mass is 10.2. The van der Waals surface area contributed by atoms with Gasteiger partial charge >= 0.3 is 0 Å². The molecule has 0 saturated carbocycles. The average Bonchev–Trinajstić information content (AvgIpc) is 2.50. The number of hydrogen-bond acceptors (Lipinski definition) is 2. The SMILES string of the molecule is CCC(C)n1cnnc1CCl. The highest BCUT2D eigenvalue weighted by atomic mass is 35.5. The Morgan fingerprint density at radius 1 is 1.73 bits per heavy atom. The molecule has 0 saturated heterocycles. The topological polar surface area (TPSA) is 30.7 Å². The molecule has 1 heterocycles. The highest BCUT2D eigenvalue weighted by molar-refractivity contribution is 6.16. The van der Waals surface area contributed by atoms with E-state index in [4.69, 9.17) is 11.6 Å². The molecule has 1 aromatic rings. The number of halogens is 1. The number of nitrogens with zero attached hydrogens (tertiary/aromatic N) is 3. The summed E-state index contributed by atoms with van der Waals surface area (Å²) >= 11 is 5.65. The van der Waals surface area contributed by atoms with Crippen molar-refractivity contribution in [3.8, 4) is 0 Å². The molecule has 1 rings (SSSR count). The van der Waals surface area contributed by atoms with Crippen molar-refractivity contribution in [2.75, 3.05) is 0 Å². The Labute approximate surface area is 71.4 Å². The summed E-state index contributed by atoms with van der Waals surface area (Å²) in [5.41, 5.74) is 0. The first-order valence-electron chi connectivity index (χ1n) is 3.74. The van der Waals surface area contributed by atoms with Gasteiger partial charge in [0.25, 0.3) is 0 Å². The Morgan fingerprint density at radius 2 is 2.45 bits per heavy atom. The fraction of sp³-hybridized carbons (Fsp3) is 0.714. The summed E-state index contributed by atoms with van der Waals surface area (Å²) in [6.07, 6.45) is 2.80. The summed E-state index contributed by atoms with van der Waals surface area (Å²) in [5, 5.41) is 7.68. The molecule has 1 unspecified atom stereocenters. The number of rotatable bonds is 3. The predicted octanol–water partition coefficient (Wildman–Crippen LogP) is 1.99. The fourth-order valence-corrected chi connectivity index (χ4v) is 1.12. The van der Waals surface area contributed by atoms with Gasteiger partial charge in [-0.1, -0.05) is 6.92 Å². The minimum atomic E-state index is 0.435. The van der Waals surface area contributed by atoms with E-state index in [1.807, 2.05) is 4.57 Å². The lowest BCUT2D eigenvalue weighted by Gasteiger charge is -2.10. The zero-order valence-electron chi connectivity index (χ0n) is 6.79. The summed E-state index contributed by atoms with van der Waals surface area (Å²) < 4.78 is 2.01. The van der Waals surface area contributed by atoms with E-state index in [0.717, 1.165) is 12.2 Å². The average molecular weight is 174 g/mol. The molecule has 1 atom stereocenters. The van der Waals surface area contributed by atoms with Crippen molar-refractivity contribution in [2.45, 2.75) is 32.2 Å². The van der Waals surface area contributed by atoms with Crippen molar-refractivity contribution in [3.63, 3.8) is 0 Å². The van der Waals surface area contributed by atoms with E-state index < -0.39 is 0 Å². The van der Waals surface area contributed by atoms with Crippen molar-refractivity contribution in [2.24, 2.45) is 0 Å². The van der Waals surface area contributed by atoms with Crippen molar-refractivity contribution in [3.05, 3.63) is 12.2 Å². The van der Waals surface area contributed by atoms with Gasteiger partial charge in [0, 0.05) is 6.04 Å². The molecule has 0 aromatic carbocycles. The van der Waals surface area contributed by atoms with Crippen LogP contribution in [-0.4, -0.2) is 14.8 Å². The molecule has 0 radical (unpaired) electrons. The van der Waals surface area contributed by atoms with E-state index in [1.54, 1.807) is 6.33 Å². The first-order valence-corrected chi connectivity index (χ1v) is 4.27. The first kappa shape index (κ1) is 8.53. The maximum Gasteiger partial charge on any atom is 0.148 e. The van der Waals surface area contributed by atoms with Crippen LogP contribution in [0.15, 0.2) is 6.33 Å². The van der Waals surface area contributed by atoms with Crippen LogP contribution in [0.25, 0.3) is 0 Å². The maximum absolute atomic E-state index is 5.65. The zero-order chi connectivity index (χ0) is 8.27. The number of aromatic nitrogens is 3. The predicted molar refractivity (Wildman–Crippen MR) is 44.6 cm³/mol. The molecule has 0 aliphatic heterocycles. The second kappa shape index (κ2) is 3.72. The summed E-state index contributed by atoms with van der Waals surface area (Å²) in [5.74, 6) is 1.28. The zero-order valence-corrected chi connectivity index (χ0v) is 7.54. The fourth-order valence-electron chi connectivity index (χ4n) is 0.927. The van der Waals surface area contributed by atoms with Crippen molar-refractivity contribution in [1.82, 2.24) is 14.8 Å². The Hall–Kier alpha value is -0.570. The van der Waals surface area contributed by atoms with Gasteiger partial charge in [-0.25, -0.2) is 0 Å². The van der Waals surface area contributed by atoms with E-state index in [9.17, 15) is 0 Å². The maximum atomic E-state index is 5.65.